The van der Waals surface area contributed by atoms with Crippen molar-refractivity contribution in [3.05, 3.63) is 16.4 Å². The summed E-state index contributed by atoms with van der Waals surface area (Å²) in [5.74, 6) is 7.27. The fourth-order valence-corrected chi connectivity index (χ4v) is 3.64. The zero-order valence-corrected chi connectivity index (χ0v) is 13.9. The minimum absolute atomic E-state index is 0.149. The number of hydrazine groups is 1. The van der Waals surface area contributed by atoms with Crippen molar-refractivity contribution >= 4 is 15.9 Å². The summed E-state index contributed by atoms with van der Waals surface area (Å²) in [6.45, 7) is 3.73. The second kappa shape index (κ2) is 7.54. The van der Waals surface area contributed by atoms with Crippen molar-refractivity contribution in [1.82, 2.24) is 15.2 Å². The lowest BCUT2D eigenvalue weighted by molar-refractivity contribution is 0.177. The number of nitrogens with zero attached hydrogens (tertiary/aromatic N) is 2. The summed E-state index contributed by atoms with van der Waals surface area (Å²) < 4.78 is 8.17. The molecule has 0 amide bonds. The number of ether oxygens (including phenoxy) is 1. The Morgan fingerprint density at radius 2 is 2.20 bits per heavy atom. The molecule has 114 valence electrons. The van der Waals surface area contributed by atoms with Crippen LogP contribution in [-0.4, -0.2) is 23.5 Å². The van der Waals surface area contributed by atoms with Crippen LogP contribution in [-0.2, 0) is 11.3 Å². The van der Waals surface area contributed by atoms with Crippen LogP contribution in [0.2, 0.25) is 0 Å². The molecule has 5 nitrogen and oxygen atoms in total. The number of nitrogens with two attached hydrogens (primary N) is 1. The average Bonchev–Trinajstić information content (AvgIpc) is 2.81. The van der Waals surface area contributed by atoms with Crippen LogP contribution in [0.3, 0.4) is 0 Å². The van der Waals surface area contributed by atoms with Gasteiger partial charge in [0.25, 0.3) is 0 Å². The lowest BCUT2D eigenvalue weighted by Crippen LogP contribution is -2.37. The minimum atomic E-state index is 0.149. The lowest BCUT2D eigenvalue weighted by Gasteiger charge is -2.32. The van der Waals surface area contributed by atoms with E-state index in [1.165, 1.54) is 25.7 Å². The molecule has 2 rings (SSSR count). The first-order valence-corrected chi connectivity index (χ1v) is 8.13. The van der Waals surface area contributed by atoms with Crippen molar-refractivity contribution in [2.45, 2.75) is 45.2 Å². The number of hydrogen-bond donors (Lipinski definition) is 2. The Labute approximate surface area is 129 Å². The largest absolute Gasteiger partial charge is 0.383 e. The molecule has 1 aromatic rings. The van der Waals surface area contributed by atoms with Gasteiger partial charge < -0.3 is 4.74 Å². The van der Waals surface area contributed by atoms with E-state index >= 15 is 0 Å². The molecule has 1 aliphatic rings. The summed E-state index contributed by atoms with van der Waals surface area (Å²) >= 11 is 3.61. The van der Waals surface area contributed by atoms with Crippen LogP contribution in [0.4, 0.5) is 0 Å². The maximum Gasteiger partial charge on any atom is 0.0713 e. The summed E-state index contributed by atoms with van der Waals surface area (Å²) in [7, 11) is 1.71. The van der Waals surface area contributed by atoms with Crippen LogP contribution in [0.5, 0.6) is 0 Å². The van der Waals surface area contributed by atoms with E-state index in [0.717, 1.165) is 22.6 Å². The number of methoxy groups -OCH3 is 1. The molecule has 0 bridgehead atoms. The van der Waals surface area contributed by atoms with Gasteiger partial charge in [-0.3, -0.25) is 16.0 Å². The minimum Gasteiger partial charge on any atom is -0.383 e. The number of aromatic nitrogens is 2. The van der Waals surface area contributed by atoms with E-state index in [0.29, 0.717) is 12.5 Å². The van der Waals surface area contributed by atoms with E-state index < -0.39 is 0 Å². The summed E-state index contributed by atoms with van der Waals surface area (Å²) in [6, 6.07) is 0.149. The third kappa shape index (κ3) is 3.61. The van der Waals surface area contributed by atoms with Crippen molar-refractivity contribution in [2.75, 3.05) is 13.7 Å². The van der Waals surface area contributed by atoms with Crippen molar-refractivity contribution in [2.24, 2.45) is 17.7 Å². The van der Waals surface area contributed by atoms with Gasteiger partial charge in [-0.2, -0.15) is 5.10 Å². The summed E-state index contributed by atoms with van der Waals surface area (Å²) in [5.41, 5.74) is 4.16. The van der Waals surface area contributed by atoms with E-state index in [-0.39, 0.29) is 6.04 Å². The molecule has 1 atom stereocenters. The highest BCUT2D eigenvalue weighted by Crippen LogP contribution is 2.38. The zero-order chi connectivity index (χ0) is 14.5. The zero-order valence-electron chi connectivity index (χ0n) is 12.3. The van der Waals surface area contributed by atoms with Gasteiger partial charge in [0.2, 0.25) is 0 Å². The van der Waals surface area contributed by atoms with Gasteiger partial charge in [0.1, 0.15) is 0 Å². The first-order chi connectivity index (χ1) is 9.67. The Bertz CT molecular complexity index is 415. The second-order valence-corrected chi connectivity index (χ2v) is 6.61. The maximum absolute atomic E-state index is 5.85. The highest BCUT2D eigenvalue weighted by Gasteiger charge is 2.30. The number of hydrogen-bond acceptors (Lipinski definition) is 4. The lowest BCUT2D eigenvalue weighted by atomic mass is 9.78. The Morgan fingerprint density at radius 3 is 2.80 bits per heavy atom. The van der Waals surface area contributed by atoms with Crippen molar-refractivity contribution in [3.8, 4) is 0 Å². The molecule has 6 heteroatoms. The van der Waals surface area contributed by atoms with Gasteiger partial charge in [0, 0.05) is 7.11 Å². The van der Waals surface area contributed by atoms with Crippen LogP contribution in [0.25, 0.3) is 0 Å². The van der Waals surface area contributed by atoms with Gasteiger partial charge in [-0.1, -0.05) is 19.8 Å². The summed E-state index contributed by atoms with van der Waals surface area (Å²) in [6.07, 6.45) is 6.86. The normalized spacial score (nSPS) is 24.8. The molecule has 0 aliphatic heterocycles. The molecule has 1 aromatic heterocycles. The first-order valence-electron chi connectivity index (χ1n) is 7.33. The predicted octanol–water partition coefficient (Wildman–Crippen LogP) is 2.62. The Kier molecular flexibility index (Phi) is 6.01. The van der Waals surface area contributed by atoms with Crippen LogP contribution in [0, 0.1) is 11.8 Å². The van der Waals surface area contributed by atoms with E-state index in [1.54, 1.807) is 7.11 Å². The van der Waals surface area contributed by atoms with Gasteiger partial charge in [-0.05, 0) is 40.6 Å². The third-order valence-electron chi connectivity index (χ3n) is 4.35. The fraction of sp³-hybridized carbons (Fsp3) is 0.786. The third-order valence-corrected chi connectivity index (χ3v) is 4.96. The molecular weight excluding hydrogens is 320 g/mol. The topological polar surface area (TPSA) is 65.1 Å². The monoisotopic (exact) mass is 344 g/mol. The molecule has 0 spiro atoms. The van der Waals surface area contributed by atoms with Crippen LogP contribution < -0.4 is 11.3 Å². The molecule has 20 heavy (non-hydrogen) atoms. The van der Waals surface area contributed by atoms with Crippen LogP contribution >= 0.6 is 15.9 Å². The molecule has 1 heterocycles. The summed E-state index contributed by atoms with van der Waals surface area (Å²) in [5, 5.41) is 4.43. The van der Waals surface area contributed by atoms with Crippen molar-refractivity contribution < 1.29 is 4.74 Å². The van der Waals surface area contributed by atoms with E-state index in [4.69, 9.17) is 10.6 Å². The number of halogens is 1. The first kappa shape index (κ1) is 15.9. The second-order valence-electron chi connectivity index (χ2n) is 5.76. The molecule has 1 aliphatic carbocycles. The molecular formula is C14H25BrN4O. The molecule has 0 radical (unpaired) electrons. The van der Waals surface area contributed by atoms with Gasteiger partial charge in [-0.15, -0.1) is 0 Å². The molecule has 3 N–H and O–H groups in total. The molecule has 1 unspecified atom stereocenters. The Hall–Kier alpha value is -0.430. The summed E-state index contributed by atoms with van der Waals surface area (Å²) in [4.78, 5) is 0. The smallest absolute Gasteiger partial charge is 0.0713 e. The van der Waals surface area contributed by atoms with Gasteiger partial charge in [-0.25, -0.2) is 0 Å². The fourth-order valence-electron chi connectivity index (χ4n) is 3.09. The van der Waals surface area contributed by atoms with Crippen LogP contribution in [0.1, 0.15) is 44.3 Å². The highest BCUT2D eigenvalue weighted by atomic mass is 79.9. The van der Waals surface area contributed by atoms with Gasteiger partial charge >= 0.3 is 0 Å². The van der Waals surface area contributed by atoms with Crippen molar-refractivity contribution in [3.63, 3.8) is 0 Å². The Morgan fingerprint density at radius 1 is 1.50 bits per heavy atom. The van der Waals surface area contributed by atoms with Gasteiger partial charge in [0.15, 0.2) is 0 Å². The van der Waals surface area contributed by atoms with Gasteiger partial charge in [0.05, 0.1) is 35.6 Å². The van der Waals surface area contributed by atoms with Crippen molar-refractivity contribution in [1.29, 1.82) is 0 Å². The predicted molar refractivity (Wildman–Crippen MR) is 83.0 cm³/mol. The van der Waals surface area contributed by atoms with E-state index in [2.05, 4.69) is 33.4 Å². The van der Waals surface area contributed by atoms with E-state index in [9.17, 15) is 0 Å². The quantitative estimate of drug-likeness (QED) is 0.615. The highest BCUT2D eigenvalue weighted by molar-refractivity contribution is 9.10. The average molecular weight is 345 g/mol. The number of nitrogens with one attached hydrogen (secondary N) is 1. The SMILES string of the molecule is COCCn1ncc(Br)c1C(NN)C1CCC(C)CC1. The molecule has 0 saturated heterocycles. The standard InChI is InChI=1S/C14H25BrN4O/c1-10-3-5-11(6-4-10)13(18-16)14-12(15)9-17-19(14)7-8-20-2/h9-11,13,18H,3-8,16H2,1-2H3. The molecule has 0 aromatic carbocycles. The van der Waals surface area contributed by atoms with Crippen LogP contribution in [0.15, 0.2) is 10.7 Å². The molecule has 1 saturated carbocycles. The maximum atomic E-state index is 5.85. The molecule has 1 fully saturated rings. The number of rotatable bonds is 6. The van der Waals surface area contributed by atoms with E-state index in [1.807, 2.05) is 10.9 Å². The Balaban J connectivity index is 2.16.